The highest BCUT2D eigenvalue weighted by molar-refractivity contribution is 5.26. The Labute approximate surface area is 65.7 Å². The highest BCUT2D eigenvalue weighted by atomic mass is 16.5. The Bertz CT molecular complexity index is 243. The Balaban J connectivity index is 2.63. The summed E-state index contributed by atoms with van der Waals surface area (Å²) in [7, 11) is 0. The second kappa shape index (κ2) is 3.66. The highest BCUT2D eigenvalue weighted by Crippen LogP contribution is 2.11. The van der Waals surface area contributed by atoms with Crippen LogP contribution in [0.1, 0.15) is 5.56 Å². The van der Waals surface area contributed by atoms with Crippen LogP contribution < -0.4 is 0 Å². The molecule has 0 aromatic heterocycles. The van der Waals surface area contributed by atoms with Gasteiger partial charge in [0.15, 0.2) is 0 Å². The van der Waals surface area contributed by atoms with E-state index in [1.807, 2.05) is 6.07 Å². The third kappa shape index (κ3) is 2.34. The molecule has 0 fully saturated rings. The summed E-state index contributed by atoms with van der Waals surface area (Å²) in [5, 5.41) is 9.03. The van der Waals surface area contributed by atoms with Gasteiger partial charge in [0.05, 0.1) is 6.26 Å². The first-order chi connectivity index (χ1) is 5.33. The van der Waals surface area contributed by atoms with Crippen LogP contribution in [0.5, 0.6) is 5.75 Å². The third-order valence-corrected chi connectivity index (χ3v) is 1.28. The lowest BCUT2D eigenvalue weighted by Crippen LogP contribution is -1.84. The van der Waals surface area contributed by atoms with E-state index in [-0.39, 0.29) is 5.75 Å². The molecule has 0 aliphatic heterocycles. The number of phenols is 1. The van der Waals surface area contributed by atoms with Gasteiger partial charge in [0.1, 0.15) is 12.4 Å². The summed E-state index contributed by atoms with van der Waals surface area (Å²) in [5.74, 6) is 0.259. The zero-order valence-corrected chi connectivity index (χ0v) is 6.16. The predicted molar refractivity (Wildman–Crippen MR) is 43.1 cm³/mol. The van der Waals surface area contributed by atoms with Crippen molar-refractivity contribution < 1.29 is 9.84 Å². The number of hydrogen-bond acceptors (Lipinski definition) is 2. The molecule has 0 atom stereocenters. The van der Waals surface area contributed by atoms with E-state index in [0.717, 1.165) is 5.56 Å². The number of hydrogen-bond donors (Lipinski definition) is 1. The van der Waals surface area contributed by atoms with Gasteiger partial charge in [0.2, 0.25) is 0 Å². The van der Waals surface area contributed by atoms with Crippen molar-refractivity contribution >= 4 is 0 Å². The number of benzene rings is 1. The third-order valence-electron chi connectivity index (χ3n) is 1.28. The van der Waals surface area contributed by atoms with Crippen molar-refractivity contribution in [1.29, 1.82) is 0 Å². The van der Waals surface area contributed by atoms with Crippen molar-refractivity contribution in [2.24, 2.45) is 0 Å². The Morgan fingerprint density at radius 1 is 1.55 bits per heavy atom. The second-order valence-electron chi connectivity index (χ2n) is 2.15. The molecule has 0 spiro atoms. The maximum atomic E-state index is 9.03. The Morgan fingerprint density at radius 2 is 2.36 bits per heavy atom. The summed E-state index contributed by atoms with van der Waals surface area (Å²) in [5.41, 5.74) is 0.935. The average Bonchev–Trinajstić information content (AvgIpc) is 2.01. The molecule has 0 unspecified atom stereocenters. The SMILES string of the molecule is C=COCc1cccc(O)c1. The second-order valence-corrected chi connectivity index (χ2v) is 2.15. The van der Waals surface area contributed by atoms with Crippen LogP contribution in [0.4, 0.5) is 0 Å². The molecule has 2 nitrogen and oxygen atoms in total. The first-order valence-electron chi connectivity index (χ1n) is 3.33. The molecule has 0 saturated carbocycles. The van der Waals surface area contributed by atoms with E-state index in [9.17, 15) is 0 Å². The molecule has 0 aliphatic rings. The number of aromatic hydroxyl groups is 1. The summed E-state index contributed by atoms with van der Waals surface area (Å²) < 4.78 is 4.93. The van der Waals surface area contributed by atoms with Crippen LogP contribution in [-0.2, 0) is 11.3 Å². The van der Waals surface area contributed by atoms with Crippen LogP contribution in [0.25, 0.3) is 0 Å². The van der Waals surface area contributed by atoms with Gasteiger partial charge in [-0.25, -0.2) is 0 Å². The van der Waals surface area contributed by atoms with E-state index < -0.39 is 0 Å². The molecule has 0 amide bonds. The predicted octanol–water partition coefficient (Wildman–Crippen LogP) is 2.05. The van der Waals surface area contributed by atoms with Gasteiger partial charge in [0, 0.05) is 0 Å². The lowest BCUT2D eigenvalue weighted by atomic mass is 10.2. The fourth-order valence-corrected chi connectivity index (χ4v) is 0.801. The van der Waals surface area contributed by atoms with Crippen LogP contribution in [0.15, 0.2) is 37.1 Å². The van der Waals surface area contributed by atoms with E-state index in [0.29, 0.717) is 6.61 Å². The van der Waals surface area contributed by atoms with Gasteiger partial charge in [-0.15, -0.1) is 0 Å². The first kappa shape index (κ1) is 7.66. The minimum atomic E-state index is 0.259. The van der Waals surface area contributed by atoms with E-state index in [2.05, 4.69) is 6.58 Å². The summed E-state index contributed by atoms with van der Waals surface area (Å²) in [6, 6.07) is 6.93. The molecule has 1 aromatic carbocycles. The maximum Gasteiger partial charge on any atom is 0.115 e. The molecular formula is C9H10O2. The molecule has 58 valence electrons. The van der Waals surface area contributed by atoms with Gasteiger partial charge in [-0.05, 0) is 17.7 Å². The van der Waals surface area contributed by atoms with Crippen molar-refractivity contribution in [3.8, 4) is 5.75 Å². The molecular weight excluding hydrogens is 140 g/mol. The fraction of sp³-hybridized carbons (Fsp3) is 0.111. The van der Waals surface area contributed by atoms with E-state index >= 15 is 0 Å². The normalized spacial score (nSPS) is 9.09. The van der Waals surface area contributed by atoms with Crippen LogP contribution in [0, 0.1) is 0 Å². The van der Waals surface area contributed by atoms with Gasteiger partial charge < -0.3 is 9.84 Å². The molecule has 0 radical (unpaired) electrons. The molecule has 1 rings (SSSR count). The topological polar surface area (TPSA) is 29.5 Å². The molecule has 0 heterocycles. The van der Waals surface area contributed by atoms with E-state index in [1.165, 1.54) is 6.26 Å². The van der Waals surface area contributed by atoms with Gasteiger partial charge in [-0.1, -0.05) is 18.7 Å². The molecule has 1 aromatic rings. The van der Waals surface area contributed by atoms with Crippen molar-refractivity contribution in [3.63, 3.8) is 0 Å². The summed E-state index contributed by atoms with van der Waals surface area (Å²) in [6.07, 6.45) is 1.38. The van der Waals surface area contributed by atoms with Gasteiger partial charge in [0.25, 0.3) is 0 Å². The minimum absolute atomic E-state index is 0.259. The van der Waals surface area contributed by atoms with E-state index in [1.54, 1.807) is 18.2 Å². The lowest BCUT2D eigenvalue weighted by molar-refractivity contribution is 0.237. The Morgan fingerprint density at radius 3 is 3.00 bits per heavy atom. The summed E-state index contributed by atoms with van der Waals surface area (Å²) >= 11 is 0. The zero-order chi connectivity index (χ0) is 8.10. The first-order valence-corrected chi connectivity index (χ1v) is 3.33. The molecule has 2 heteroatoms. The summed E-state index contributed by atoms with van der Waals surface area (Å²) in [4.78, 5) is 0. The fourth-order valence-electron chi connectivity index (χ4n) is 0.801. The smallest absolute Gasteiger partial charge is 0.115 e. The monoisotopic (exact) mass is 150 g/mol. The molecule has 0 saturated heterocycles. The van der Waals surface area contributed by atoms with Crippen molar-refractivity contribution in [2.75, 3.05) is 0 Å². The molecule has 1 N–H and O–H groups in total. The minimum Gasteiger partial charge on any atom is -0.508 e. The average molecular weight is 150 g/mol. The largest absolute Gasteiger partial charge is 0.508 e. The molecule has 11 heavy (non-hydrogen) atoms. The number of ether oxygens (including phenoxy) is 1. The van der Waals surface area contributed by atoms with Gasteiger partial charge in [-0.2, -0.15) is 0 Å². The summed E-state index contributed by atoms with van der Waals surface area (Å²) in [6.45, 7) is 3.87. The maximum absolute atomic E-state index is 9.03. The number of phenolic OH excluding ortho intramolecular Hbond substituents is 1. The molecule has 0 aliphatic carbocycles. The Hall–Kier alpha value is -1.44. The zero-order valence-electron chi connectivity index (χ0n) is 6.16. The number of rotatable bonds is 3. The quantitative estimate of drug-likeness (QED) is 0.668. The standard InChI is InChI=1S/C9H10O2/c1-2-11-7-8-4-3-5-9(10)6-8/h2-6,10H,1,7H2. The highest BCUT2D eigenvalue weighted by Gasteiger charge is 1.91. The van der Waals surface area contributed by atoms with Crippen molar-refractivity contribution in [2.45, 2.75) is 6.61 Å². The van der Waals surface area contributed by atoms with Crippen LogP contribution in [-0.4, -0.2) is 5.11 Å². The Kier molecular flexibility index (Phi) is 2.55. The van der Waals surface area contributed by atoms with Gasteiger partial charge in [-0.3, -0.25) is 0 Å². The van der Waals surface area contributed by atoms with Crippen LogP contribution in [0.3, 0.4) is 0 Å². The van der Waals surface area contributed by atoms with Crippen LogP contribution >= 0.6 is 0 Å². The van der Waals surface area contributed by atoms with Crippen LogP contribution in [0.2, 0.25) is 0 Å². The van der Waals surface area contributed by atoms with Crippen molar-refractivity contribution in [3.05, 3.63) is 42.7 Å². The molecule has 0 bridgehead atoms. The van der Waals surface area contributed by atoms with Gasteiger partial charge >= 0.3 is 0 Å². The lowest BCUT2D eigenvalue weighted by Gasteiger charge is -2.00. The van der Waals surface area contributed by atoms with Crippen molar-refractivity contribution in [1.82, 2.24) is 0 Å². The van der Waals surface area contributed by atoms with E-state index in [4.69, 9.17) is 9.84 Å².